The highest BCUT2D eigenvalue weighted by Gasteiger charge is 2.27. The summed E-state index contributed by atoms with van der Waals surface area (Å²) in [6.07, 6.45) is 1.42. The fourth-order valence-electron chi connectivity index (χ4n) is 3.75. The van der Waals surface area contributed by atoms with E-state index in [1.54, 1.807) is 48.5 Å². The van der Waals surface area contributed by atoms with E-state index in [1.165, 1.54) is 36.5 Å². The second-order valence-electron chi connectivity index (χ2n) is 8.77. The molecule has 0 aliphatic heterocycles. The SMILES string of the molecule is CCOc1cc(/C=N/NC(=O)CN(c2ccc(Cl)c(Cl)c2)S(=O)(=O)c2ccccc2)ccc1OCc1ccc(Cl)cc1. The molecule has 0 fully saturated rings. The largest absolute Gasteiger partial charge is 0.490 e. The highest BCUT2D eigenvalue weighted by Crippen LogP contribution is 2.31. The zero-order chi connectivity index (χ0) is 30.1. The van der Waals surface area contributed by atoms with Crippen molar-refractivity contribution >= 4 is 62.6 Å². The fraction of sp³-hybridized carbons (Fsp3) is 0.133. The maximum atomic E-state index is 13.4. The summed E-state index contributed by atoms with van der Waals surface area (Å²) in [6.45, 7) is 2.03. The average molecular weight is 647 g/mol. The minimum atomic E-state index is -4.12. The molecule has 0 spiro atoms. The Morgan fingerprint density at radius 1 is 0.881 bits per heavy atom. The minimum Gasteiger partial charge on any atom is -0.490 e. The van der Waals surface area contributed by atoms with Crippen molar-refractivity contribution in [2.75, 3.05) is 17.5 Å². The molecular formula is C30H26Cl3N3O5S. The van der Waals surface area contributed by atoms with Crippen molar-refractivity contribution in [2.24, 2.45) is 5.10 Å². The number of rotatable bonds is 12. The molecule has 0 atom stereocenters. The van der Waals surface area contributed by atoms with Crippen molar-refractivity contribution in [3.8, 4) is 11.5 Å². The van der Waals surface area contributed by atoms with Crippen LogP contribution in [0.5, 0.6) is 11.5 Å². The van der Waals surface area contributed by atoms with Crippen molar-refractivity contribution in [3.05, 3.63) is 117 Å². The lowest BCUT2D eigenvalue weighted by Crippen LogP contribution is -2.39. The molecule has 0 aliphatic carbocycles. The highest BCUT2D eigenvalue weighted by molar-refractivity contribution is 7.92. The summed E-state index contributed by atoms with van der Waals surface area (Å²) in [5.74, 6) is 0.364. The van der Waals surface area contributed by atoms with Crippen LogP contribution in [0.2, 0.25) is 15.1 Å². The number of ether oxygens (including phenoxy) is 2. The molecule has 1 amide bonds. The van der Waals surface area contributed by atoms with Gasteiger partial charge in [0.05, 0.1) is 33.4 Å². The van der Waals surface area contributed by atoms with Gasteiger partial charge in [-0.3, -0.25) is 9.10 Å². The van der Waals surface area contributed by atoms with Crippen LogP contribution in [0.25, 0.3) is 0 Å². The number of amides is 1. The Balaban J connectivity index is 1.47. The van der Waals surface area contributed by atoms with Gasteiger partial charge in [0.1, 0.15) is 13.2 Å². The van der Waals surface area contributed by atoms with E-state index < -0.39 is 22.5 Å². The first-order valence-corrected chi connectivity index (χ1v) is 15.2. The monoisotopic (exact) mass is 645 g/mol. The van der Waals surface area contributed by atoms with Crippen LogP contribution in [0.15, 0.2) is 101 Å². The Morgan fingerprint density at radius 3 is 2.31 bits per heavy atom. The molecule has 0 aliphatic rings. The van der Waals surface area contributed by atoms with Crippen LogP contribution in [0.4, 0.5) is 5.69 Å². The van der Waals surface area contributed by atoms with E-state index in [2.05, 4.69) is 10.5 Å². The van der Waals surface area contributed by atoms with Crippen LogP contribution in [-0.2, 0) is 21.4 Å². The lowest BCUT2D eigenvalue weighted by molar-refractivity contribution is -0.119. The number of halogens is 3. The quantitative estimate of drug-likeness (QED) is 0.132. The highest BCUT2D eigenvalue weighted by atomic mass is 35.5. The summed E-state index contributed by atoms with van der Waals surface area (Å²) in [4.78, 5) is 12.9. The van der Waals surface area contributed by atoms with E-state index in [0.29, 0.717) is 35.3 Å². The topological polar surface area (TPSA) is 97.3 Å². The number of hydrogen-bond acceptors (Lipinski definition) is 6. The van der Waals surface area contributed by atoms with E-state index in [9.17, 15) is 13.2 Å². The molecule has 0 radical (unpaired) electrons. The normalized spacial score (nSPS) is 11.3. The molecule has 0 bridgehead atoms. The first kappa shape index (κ1) is 31.2. The zero-order valence-electron chi connectivity index (χ0n) is 22.3. The lowest BCUT2D eigenvalue weighted by Gasteiger charge is -2.24. The van der Waals surface area contributed by atoms with Gasteiger partial charge in [-0.2, -0.15) is 5.10 Å². The number of nitrogens with one attached hydrogen (secondary N) is 1. The molecule has 0 unspecified atom stereocenters. The number of hydrogen-bond donors (Lipinski definition) is 1. The van der Waals surface area contributed by atoms with E-state index in [-0.39, 0.29) is 20.6 Å². The van der Waals surface area contributed by atoms with E-state index in [4.69, 9.17) is 44.3 Å². The van der Waals surface area contributed by atoms with Gasteiger partial charge < -0.3 is 9.47 Å². The van der Waals surface area contributed by atoms with Crippen LogP contribution >= 0.6 is 34.8 Å². The maximum Gasteiger partial charge on any atom is 0.264 e. The third kappa shape index (κ3) is 8.17. The van der Waals surface area contributed by atoms with Crippen LogP contribution in [-0.4, -0.2) is 33.7 Å². The summed E-state index contributed by atoms with van der Waals surface area (Å²) in [7, 11) is -4.12. The van der Waals surface area contributed by atoms with Gasteiger partial charge in [-0.05, 0) is 78.7 Å². The third-order valence-electron chi connectivity index (χ3n) is 5.79. The van der Waals surface area contributed by atoms with Crippen LogP contribution in [0.3, 0.4) is 0 Å². The Labute approximate surface area is 259 Å². The predicted molar refractivity (Wildman–Crippen MR) is 167 cm³/mol. The molecule has 4 aromatic carbocycles. The molecular weight excluding hydrogens is 621 g/mol. The number of benzene rings is 4. The maximum absolute atomic E-state index is 13.4. The summed E-state index contributed by atoms with van der Waals surface area (Å²) in [6, 6.07) is 24.6. The predicted octanol–water partition coefficient (Wildman–Crippen LogP) is 6.97. The van der Waals surface area contributed by atoms with Crippen molar-refractivity contribution in [1.82, 2.24) is 5.43 Å². The van der Waals surface area contributed by atoms with Gasteiger partial charge in [-0.1, -0.05) is 65.1 Å². The number of carbonyl (C=O) groups is 1. The van der Waals surface area contributed by atoms with Gasteiger partial charge in [-0.25, -0.2) is 13.8 Å². The Bertz CT molecular complexity index is 1670. The molecule has 42 heavy (non-hydrogen) atoms. The van der Waals surface area contributed by atoms with E-state index in [1.807, 2.05) is 19.1 Å². The van der Waals surface area contributed by atoms with Gasteiger partial charge in [0.25, 0.3) is 15.9 Å². The van der Waals surface area contributed by atoms with Gasteiger partial charge in [-0.15, -0.1) is 0 Å². The zero-order valence-corrected chi connectivity index (χ0v) is 25.4. The van der Waals surface area contributed by atoms with Crippen molar-refractivity contribution in [1.29, 1.82) is 0 Å². The van der Waals surface area contributed by atoms with Crippen molar-refractivity contribution in [3.63, 3.8) is 0 Å². The van der Waals surface area contributed by atoms with Crippen molar-refractivity contribution < 1.29 is 22.7 Å². The smallest absolute Gasteiger partial charge is 0.264 e. The molecule has 4 aromatic rings. The van der Waals surface area contributed by atoms with Gasteiger partial charge in [0, 0.05) is 5.02 Å². The molecule has 0 saturated heterocycles. The number of nitrogens with zero attached hydrogens (tertiary/aromatic N) is 2. The molecule has 8 nitrogen and oxygen atoms in total. The molecule has 0 heterocycles. The third-order valence-corrected chi connectivity index (χ3v) is 8.57. The Hall–Kier alpha value is -3.76. The molecule has 12 heteroatoms. The van der Waals surface area contributed by atoms with Crippen LogP contribution in [0.1, 0.15) is 18.1 Å². The Kier molecular flexibility index (Phi) is 10.7. The molecule has 0 saturated carbocycles. The van der Waals surface area contributed by atoms with Crippen LogP contribution in [0, 0.1) is 0 Å². The molecule has 218 valence electrons. The first-order valence-electron chi connectivity index (χ1n) is 12.7. The summed E-state index contributed by atoms with van der Waals surface area (Å²) < 4.78 is 39.5. The minimum absolute atomic E-state index is 0.00852. The number of hydrazone groups is 1. The number of sulfonamides is 1. The molecule has 4 rings (SSSR count). The average Bonchev–Trinajstić information content (AvgIpc) is 2.98. The standard InChI is InChI=1S/C30H26Cl3N3O5S/c1-2-40-29-16-22(10-15-28(29)41-20-21-8-11-23(31)12-9-21)18-34-35-30(37)19-36(24-13-14-26(32)27(33)17-24)42(38,39)25-6-4-3-5-7-25/h3-18H,2,19-20H2,1H3,(H,35,37)/b34-18+. The van der Waals surface area contributed by atoms with Gasteiger partial charge in [0.2, 0.25) is 0 Å². The van der Waals surface area contributed by atoms with E-state index in [0.717, 1.165) is 9.87 Å². The second kappa shape index (κ2) is 14.4. The number of anilines is 1. The number of carbonyl (C=O) groups excluding carboxylic acids is 1. The summed E-state index contributed by atoms with van der Waals surface area (Å²) in [5.41, 5.74) is 4.12. The molecule has 0 aromatic heterocycles. The molecule has 1 N–H and O–H groups in total. The first-order chi connectivity index (χ1) is 20.2. The summed E-state index contributed by atoms with van der Waals surface area (Å²) in [5, 5.41) is 5.04. The fourth-order valence-corrected chi connectivity index (χ4v) is 5.61. The Morgan fingerprint density at radius 2 is 1.62 bits per heavy atom. The summed E-state index contributed by atoms with van der Waals surface area (Å²) >= 11 is 18.1. The van der Waals surface area contributed by atoms with Crippen LogP contribution < -0.4 is 19.2 Å². The van der Waals surface area contributed by atoms with Gasteiger partial charge in [0.15, 0.2) is 11.5 Å². The van der Waals surface area contributed by atoms with E-state index >= 15 is 0 Å². The van der Waals surface area contributed by atoms with Gasteiger partial charge >= 0.3 is 0 Å². The lowest BCUT2D eigenvalue weighted by atomic mass is 10.2. The second-order valence-corrected chi connectivity index (χ2v) is 11.9. The van der Waals surface area contributed by atoms with Crippen molar-refractivity contribution in [2.45, 2.75) is 18.4 Å².